The summed E-state index contributed by atoms with van der Waals surface area (Å²) in [5, 5.41) is 11.1. The second-order valence-electron chi connectivity index (χ2n) is 10.1. The summed E-state index contributed by atoms with van der Waals surface area (Å²) in [6.07, 6.45) is 2.27. The molecule has 38 heavy (non-hydrogen) atoms. The molecular weight excluding hydrogens is 494 g/mol. The number of ether oxygens (including phenoxy) is 2. The van der Waals surface area contributed by atoms with Crippen molar-refractivity contribution in [1.29, 1.82) is 0 Å². The predicted molar refractivity (Wildman–Crippen MR) is 135 cm³/mol. The minimum atomic E-state index is -0.756. The van der Waals surface area contributed by atoms with Crippen LogP contribution in [-0.4, -0.2) is 42.3 Å². The molecule has 11 nitrogen and oxygen atoms in total. The number of nitro groups is 1. The summed E-state index contributed by atoms with van der Waals surface area (Å²) in [7, 11) is 1.34. The van der Waals surface area contributed by atoms with E-state index in [0.29, 0.717) is 30.1 Å². The number of amides is 3. The zero-order chi connectivity index (χ0) is 27.1. The smallest absolute Gasteiger partial charge is 0.316 e. The SMILES string of the molecule is COc1cc([N+](=O)[O-])ccc1N1C[C@H](C(=O)Oc2ccc(N3C(=O)[C@@H]4CC[C@@H](C)C[C@H]4C3=O)cc2)CC1=O. The van der Waals surface area contributed by atoms with Crippen LogP contribution in [0.15, 0.2) is 42.5 Å². The van der Waals surface area contributed by atoms with Gasteiger partial charge in [-0.15, -0.1) is 0 Å². The largest absolute Gasteiger partial charge is 0.494 e. The molecule has 0 radical (unpaired) electrons. The minimum absolute atomic E-state index is 0.0297. The van der Waals surface area contributed by atoms with Crippen molar-refractivity contribution in [2.24, 2.45) is 23.7 Å². The molecule has 0 bridgehead atoms. The molecule has 2 aromatic rings. The summed E-state index contributed by atoms with van der Waals surface area (Å²) in [6.45, 7) is 2.13. The first kappa shape index (κ1) is 25.4. The van der Waals surface area contributed by atoms with Gasteiger partial charge in [0.15, 0.2) is 0 Å². The number of benzene rings is 2. The van der Waals surface area contributed by atoms with Crippen LogP contribution in [0.4, 0.5) is 17.1 Å². The molecule has 0 spiro atoms. The van der Waals surface area contributed by atoms with Crippen LogP contribution in [0.25, 0.3) is 0 Å². The van der Waals surface area contributed by atoms with Gasteiger partial charge < -0.3 is 14.4 Å². The fourth-order valence-corrected chi connectivity index (χ4v) is 5.61. The molecule has 3 aliphatic rings. The summed E-state index contributed by atoms with van der Waals surface area (Å²) in [4.78, 5) is 64.4. The molecular formula is C27H27N3O8. The van der Waals surface area contributed by atoms with Crippen LogP contribution in [0.3, 0.4) is 0 Å². The predicted octanol–water partition coefficient (Wildman–Crippen LogP) is 3.49. The molecule has 2 aliphatic heterocycles. The molecule has 1 aliphatic carbocycles. The van der Waals surface area contributed by atoms with E-state index in [2.05, 4.69) is 6.92 Å². The number of non-ortho nitro benzene ring substituents is 1. The molecule has 11 heteroatoms. The summed E-state index contributed by atoms with van der Waals surface area (Å²) in [5.41, 5.74) is 0.592. The van der Waals surface area contributed by atoms with Crippen molar-refractivity contribution < 1.29 is 33.6 Å². The molecule has 4 atom stereocenters. The summed E-state index contributed by atoms with van der Waals surface area (Å²) in [6, 6.07) is 10.1. The fraction of sp³-hybridized carbons (Fsp3) is 0.407. The Morgan fingerprint density at radius 2 is 1.74 bits per heavy atom. The van der Waals surface area contributed by atoms with Gasteiger partial charge in [-0.1, -0.05) is 6.92 Å². The first-order chi connectivity index (χ1) is 18.2. The molecule has 3 fully saturated rings. The highest BCUT2D eigenvalue weighted by atomic mass is 16.6. The molecule has 0 unspecified atom stereocenters. The van der Waals surface area contributed by atoms with Crippen LogP contribution in [0.1, 0.15) is 32.6 Å². The highest BCUT2D eigenvalue weighted by Gasteiger charge is 2.50. The molecule has 198 valence electrons. The van der Waals surface area contributed by atoms with Crippen molar-refractivity contribution in [3.8, 4) is 11.5 Å². The van der Waals surface area contributed by atoms with Crippen molar-refractivity contribution in [2.75, 3.05) is 23.5 Å². The number of carbonyl (C=O) groups excluding carboxylic acids is 4. The van der Waals surface area contributed by atoms with Gasteiger partial charge in [-0.2, -0.15) is 0 Å². The fourth-order valence-electron chi connectivity index (χ4n) is 5.61. The topological polar surface area (TPSA) is 136 Å². The van der Waals surface area contributed by atoms with Gasteiger partial charge >= 0.3 is 5.97 Å². The van der Waals surface area contributed by atoms with E-state index in [0.717, 1.165) is 6.42 Å². The van der Waals surface area contributed by atoms with E-state index in [9.17, 15) is 29.3 Å². The Balaban J connectivity index is 1.25. The zero-order valence-electron chi connectivity index (χ0n) is 21.0. The number of hydrogen-bond acceptors (Lipinski definition) is 8. The van der Waals surface area contributed by atoms with E-state index < -0.39 is 16.8 Å². The Hall–Kier alpha value is -4.28. The number of nitro benzene ring substituents is 1. The first-order valence-corrected chi connectivity index (χ1v) is 12.5. The third kappa shape index (κ3) is 4.48. The van der Waals surface area contributed by atoms with Crippen LogP contribution in [0, 0.1) is 33.8 Å². The molecule has 2 heterocycles. The van der Waals surface area contributed by atoms with Gasteiger partial charge in [-0.25, -0.2) is 0 Å². The van der Waals surface area contributed by atoms with Crippen LogP contribution < -0.4 is 19.3 Å². The molecule has 3 amide bonds. The lowest BCUT2D eigenvalue weighted by Gasteiger charge is -2.25. The number of methoxy groups -OCH3 is 1. The average molecular weight is 522 g/mol. The number of nitrogens with zero attached hydrogens (tertiary/aromatic N) is 3. The second-order valence-corrected chi connectivity index (χ2v) is 10.1. The normalized spacial score (nSPS) is 24.9. The van der Waals surface area contributed by atoms with Gasteiger partial charge in [0, 0.05) is 19.0 Å². The van der Waals surface area contributed by atoms with E-state index >= 15 is 0 Å². The number of rotatable bonds is 6. The van der Waals surface area contributed by atoms with Gasteiger partial charge in [-0.3, -0.25) is 34.2 Å². The van der Waals surface area contributed by atoms with Crippen molar-refractivity contribution >= 4 is 40.8 Å². The van der Waals surface area contributed by atoms with Gasteiger partial charge in [0.05, 0.1) is 47.2 Å². The van der Waals surface area contributed by atoms with E-state index in [-0.39, 0.29) is 59.7 Å². The number of esters is 1. The van der Waals surface area contributed by atoms with Crippen LogP contribution in [0.2, 0.25) is 0 Å². The van der Waals surface area contributed by atoms with E-state index in [1.165, 1.54) is 47.2 Å². The van der Waals surface area contributed by atoms with E-state index in [1.54, 1.807) is 12.1 Å². The molecule has 2 saturated heterocycles. The lowest BCUT2D eigenvalue weighted by atomic mass is 9.76. The third-order valence-electron chi connectivity index (χ3n) is 7.62. The number of hydrogen-bond donors (Lipinski definition) is 0. The Morgan fingerprint density at radius 3 is 2.42 bits per heavy atom. The molecule has 0 N–H and O–H groups in total. The maximum absolute atomic E-state index is 12.9. The van der Waals surface area contributed by atoms with Gasteiger partial charge in [-0.05, 0) is 55.5 Å². The maximum atomic E-state index is 12.9. The first-order valence-electron chi connectivity index (χ1n) is 12.5. The second kappa shape index (κ2) is 9.88. The Morgan fingerprint density at radius 1 is 1.03 bits per heavy atom. The summed E-state index contributed by atoms with van der Waals surface area (Å²) >= 11 is 0. The number of carbonyl (C=O) groups is 4. The Kier molecular flexibility index (Phi) is 6.60. The average Bonchev–Trinajstić information content (AvgIpc) is 3.40. The van der Waals surface area contributed by atoms with Crippen LogP contribution in [0.5, 0.6) is 11.5 Å². The van der Waals surface area contributed by atoms with Crippen LogP contribution >= 0.6 is 0 Å². The zero-order valence-corrected chi connectivity index (χ0v) is 21.0. The molecule has 5 rings (SSSR count). The number of fused-ring (bicyclic) bond motifs is 1. The highest BCUT2D eigenvalue weighted by Crippen LogP contribution is 2.42. The molecule has 2 aromatic carbocycles. The Labute approximate surface area is 218 Å². The highest BCUT2D eigenvalue weighted by molar-refractivity contribution is 6.22. The van der Waals surface area contributed by atoms with Crippen molar-refractivity contribution in [3.63, 3.8) is 0 Å². The third-order valence-corrected chi connectivity index (χ3v) is 7.62. The standard InChI is InChI=1S/C27H27N3O8/c1-15-3-9-20-21(11-15)26(33)29(25(20)32)17-4-7-19(8-5-17)38-27(34)16-12-24(31)28(14-16)22-10-6-18(30(35)36)13-23(22)37-2/h4-8,10,13,15-16,20-21H,3,9,11-12,14H2,1-2H3/t15-,16-,20-,21-/m1/s1. The Bertz CT molecular complexity index is 1320. The van der Waals surface area contributed by atoms with Crippen molar-refractivity contribution in [1.82, 2.24) is 0 Å². The summed E-state index contributed by atoms with van der Waals surface area (Å²) < 4.78 is 10.7. The van der Waals surface area contributed by atoms with E-state index in [4.69, 9.17) is 9.47 Å². The molecule has 1 saturated carbocycles. The lowest BCUT2D eigenvalue weighted by Crippen LogP contribution is -2.30. The van der Waals surface area contributed by atoms with Gasteiger partial charge in [0.25, 0.3) is 5.69 Å². The summed E-state index contributed by atoms with van der Waals surface area (Å²) in [5.74, 6) is -1.82. The van der Waals surface area contributed by atoms with Gasteiger partial charge in [0.1, 0.15) is 11.5 Å². The van der Waals surface area contributed by atoms with Crippen molar-refractivity contribution in [2.45, 2.75) is 32.6 Å². The van der Waals surface area contributed by atoms with E-state index in [1.807, 2.05) is 0 Å². The minimum Gasteiger partial charge on any atom is -0.494 e. The monoisotopic (exact) mass is 521 g/mol. The van der Waals surface area contributed by atoms with Crippen molar-refractivity contribution in [3.05, 3.63) is 52.6 Å². The van der Waals surface area contributed by atoms with Gasteiger partial charge in [0.2, 0.25) is 17.7 Å². The number of anilines is 2. The number of imide groups is 1. The lowest BCUT2D eigenvalue weighted by molar-refractivity contribution is -0.384. The quantitative estimate of drug-likeness (QED) is 0.185. The van der Waals surface area contributed by atoms with Crippen LogP contribution in [-0.2, 0) is 19.2 Å². The maximum Gasteiger partial charge on any atom is 0.316 e. The molecule has 0 aromatic heterocycles.